The molecule has 0 bridgehead atoms. The summed E-state index contributed by atoms with van der Waals surface area (Å²) < 4.78 is 10.8. The van der Waals surface area contributed by atoms with E-state index >= 15 is 0 Å². The van der Waals surface area contributed by atoms with E-state index in [1.165, 1.54) is 0 Å². The number of ether oxygens (including phenoxy) is 2. The highest BCUT2D eigenvalue weighted by atomic mass is 16.5. The van der Waals surface area contributed by atoms with Gasteiger partial charge in [-0.15, -0.1) is 0 Å². The van der Waals surface area contributed by atoms with Gasteiger partial charge in [0.25, 0.3) is 0 Å². The van der Waals surface area contributed by atoms with Crippen molar-refractivity contribution >= 4 is 0 Å². The Morgan fingerprint density at radius 2 is 2.14 bits per heavy atom. The van der Waals surface area contributed by atoms with Crippen molar-refractivity contribution in [3.8, 4) is 17.6 Å². The number of nitriles is 1. The summed E-state index contributed by atoms with van der Waals surface area (Å²) in [5, 5.41) is 9.48. The molecule has 1 unspecified atom stereocenters. The number of nitrogens with zero attached hydrogens (tertiary/aromatic N) is 2. The number of nitrogens with two attached hydrogens (primary N) is 1. The van der Waals surface area contributed by atoms with E-state index in [1.807, 2.05) is 25.1 Å². The molecule has 22 heavy (non-hydrogen) atoms. The molecule has 0 aliphatic carbocycles. The average Bonchev–Trinajstić information content (AvgIpc) is 2.52. The van der Waals surface area contributed by atoms with Gasteiger partial charge < -0.3 is 15.2 Å². The number of benzene rings is 1. The molecule has 1 atom stereocenters. The molecule has 0 saturated heterocycles. The van der Waals surface area contributed by atoms with Crippen molar-refractivity contribution in [2.24, 2.45) is 5.73 Å². The van der Waals surface area contributed by atoms with E-state index in [0.29, 0.717) is 17.1 Å². The SMILES string of the molecule is COc1ccc2c(c1)OC(N)=C(C#N)C2c1cncc(C)c1. The number of fused-ring (bicyclic) bond motifs is 1. The first kappa shape index (κ1) is 14.0. The Morgan fingerprint density at radius 3 is 2.82 bits per heavy atom. The third-order valence-corrected chi connectivity index (χ3v) is 3.66. The third-order valence-electron chi connectivity index (χ3n) is 3.66. The van der Waals surface area contributed by atoms with Gasteiger partial charge >= 0.3 is 0 Å². The topological polar surface area (TPSA) is 81.2 Å². The minimum Gasteiger partial charge on any atom is -0.497 e. The second-order valence-corrected chi connectivity index (χ2v) is 5.12. The highest BCUT2D eigenvalue weighted by molar-refractivity contribution is 5.57. The molecule has 110 valence electrons. The predicted octanol–water partition coefficient (Wildman–Crippen LogP) is 2.62. The molecule has 0 spiro atoms. The van der Waals surface area contributed by atoms with E-state index in [0.717, 1.165) is 16.7 Å². The molecule has 5 nitrogen and oxygen atoms in total. The Bertz CT molecular complexity index is 806. The monoisotopic (exact) mass is 293 g/mol. The second kappa shape index (κ2) is 5.41. The summed E-state index contributed by atoms with van der Waals surface area (Å²) in [4.78, 5) is 4.22. The summed E-state index contributed by atoms with van der Waals surface area (Å²) in [6.07, 6.45) is 3.53. The smallest absolute Gasteiger partial charge is 0.205 e. The van der Waals surface area contributed by atoms with Crippen molar-refractivity contribution in [2.45, 2.75) is 12.8 Å². The number of rotatable bonds is 2. The average molecular weight is 293 g/mol. The molecule has 2 heterocycles. The maximum atomic E-state index is 9.48. The Labute approximate surface area is 128 Å². The second-order valence-electron chi connectivity index (χ2n) is 5.12. The molecular weight excluding hydrogens is 278 g/mol. The third kappa shape index (κ3) is 2.25. The fourth-order valence-electron chi connectivity index (χ4n) is 2.64. The summed E-state index contributed by atoms with van der Waals surface area (Å²) in [6, 6.07) is 9.67. The van der Waals surface area contributed by atoms with Crippen molar-refractivity contribution in [1.29, 1.82) is 5.26 Å². The van der Waals surface area contributed by atoms with E-state index in [1.54, 1.807) is 25.6 Å². The zero-order valence-corrected chi connectivity index (χ0v) is 12.3. The number of aromatic nitrogens is 1. The van der Waals surface area contributed by atoms with Crippen LogP contribution in [0.25, 0.3) is 0 Å². The lowest BCUT2D eigenvalue weighted by atomic mass is 9.84. The molecule has 1 aromatic heterocycles. The zero-order valence-electron chi connectivity index (χ0n) is 12.3. The fourth-order valence-corrected chi connectivity index (χ4v) is 2.64. The standard InChI is InChI=1S/C17H15N3O2/c1-10-5-11(9-20-8-10)16-13-4-3-12(21-2)6-15(13)22-17(19)14(16)7-18/h3-6,8-9,16H,19H2,1-2H3. The first-order valence-corrected chi connectivity index (χ1v) is 6.81. The van der Waals surface area contributed by atoms with Crippen LogP contribution in [0.3, 0.4) is 0 Å². The van der Waals surface area contributed by atoms with Gasteiger partial charge in [0.1, 0.15) is 23.1 Å². The van der Waals surface area contributed by atoms with Crippen LogP contribution in [0.1, 0.15) is 22.6 Å². The molecule has 0 fully saturated rings. The molecular formula is C17H15N3O2. The van der Waals surface area contributed by atoms with Gasteiger partial charge in [0.15, 0.2) is 0 Å². The molecule has 2 N–H and O–H groups in total. The molecule has 1 aliphatic rings. The molecule has 0 radical (unpaired) electrons. The molecule has 5 heteroatoms. The number of hydrogen-bond donors (Lipinski definition) is 1. The van der Waals surface area contributed by atoms with Crippen molar-refractivity contribution < 1.29 is 9.47 Å². The fraction of sp³-hybridized carbons (Fsp3) is 0.176. The number of aryl methyl sites for hydroxylation is 1. The van der Waals surface area contributed by atoms with E-state index < -0.39 is 0 Å². The van der Waals surface area contributed by atoms with Gasteiger partial charge in [-0.2, -0.15) is 5.26 Å². The van der Waals surface area contributed by atoms with Crippen LogP contribution in [-0.4, -0.2) is 12.1 Å². The first-order chi connectivity index (χ1) is 10.6. The van der Waals surface area contributed by atoms with Gasteiger partial charge in [0.05, 0.1) is 13.0 Å². The molecule has 3 rings (SSSR count). The van der Waals surface area contributed by atoms with Crippen LogP contribution in [0.2, 0.25) is 0 Å². The van der Waals surface area contributed by atoms with Gasteiger partial charge in [0, 0.05) is 24.0 Å². The van der Waals surface area contributed by atoms with Crippen LogP contribution in [0, 0.1) is 18.3 Å². The summed E-state index contributed by atoms with van der Waals surface area (Å²) in [5.74, 6) is 1.11. The van der Waals surface area contributed by atoms with Crippen molar-refractivity contribution in [2.75, 3.05) is 7.11 Å². The Balaban J connectivity index is 2.21. The maximum absolute atomic E-state index is 9.48. The van der Waals surface area contributed by atoms with Gasteiger partial charge in [-0.1, -0.05) is 12.1 Å². The van der Waals surface area contributed by atoms with Crippen LogP contribution in [0.15, 0.2) is 48.1 Å². The summed E-state index contributed by atoms with van der Waals surface area (Å²) >= 11 is 0. The quantitative estimate of drug-likeness (QED) is 0.920. The first-order valence-electron chi connectivity index (χ1n) is 6.81. The van der Waals surface area contributed by atoms with Gasteiger partial charge in [-0.05, 0) is 24.1 Å². The highest BCUT2D eigenvalue weighted by Gasteiger charge is 2.31. The number of pyridine rings is 1. The number of allylic oxidation sites excluding steroid dienone is 1. The summed E-state index contributed by atoms with van der Waals surface area (Å²) in [5.41, 5.74) is 9.14. The maximum Gasteiger partial charge on any atom is 0.205 e. The Kier molecular flexibility index (Phi) is 3.43. The lowest BCUT2D eigenvalue weighted by molar-refractivity contribution is 0.381. The minimum atomic E-state index is -0.285. The summed E-state index contributed by atoms with van der Waals surface area (Å²) in [6.45, 7) is 1.96. The normalized spacial score (nSPS) is 16.5. The highest BCUT2D eigenvalue weighted by Crippen LogP contribution is 2.43. The Hall–Kier alpha value is -3.00. The van der Waals surface area contributed by atoms with Crippen molar-refractivity contribution in [3.63, 3.8) is 0 Å². The van der Waals surface area contributed by atoms with Crippen LogP contribution in [0.4, 0.5) is 0 Å². The van der Waals surface area contributed by atoms with E-state index in [2.05, 4.69) is 11.1 Å². The largest absolute Gasteiger partial charge is 0.497 e. The van der Waals surface area contributed by atoms with Gasteiger partial charge in [-0.25, -0.2) is 0 Å². The molecule has 1 aliphatic heterocycles. The lowest BCUT2D eigenvalue weighted by Gasteiger charge is -2.26. The van der Waals surface area contributed by atoms with E-state index in [4.69, 9.17) is 15.2 Å². The van der Waals surface area contributed by atoms with Crippen LogP contribution in [0.5, 0.6) is 11.5 Å². The van der Waals surface area contributed by atoms with Crippen molar-refractivity contribution in [1.82, 2.24) is 4.98 Å². The van der Waals surface area contributed by atoms with Crippen LogP contribution < -0.4 is 15.2 Å². The van der Waals surface area contributed by atoms with E-state index in [-0.39, 0.29) is 11.8 Å². The molecule has 0 saturated carbocycles. The predicted molar refractivity (Wildman–Crippen MR) is 81.3 cm³/mol. The van der Waals surface area contributed by atoms with Crippen molar-refractivity contribution in [3.05, 3.63) is 64.8 Å². The van der Waals surface area contributed by atoms with E-state index in [9.17, 15) is 5.26 Å². The van der Waals surface area contributed by atoms with Gasteiger partial charge in [0.2, 0.25) is 5.88 Å². The van der Waals surface area contributed by atoms with Gasteiger partial charge in [-0.3, -0.25) is 4.98 Å². The molecule has 1 aromatic carbocycles. The van der Waals surface area contributed by atoms with Crippen LogP contribution in [-0.2, 0) is 0 Å². The Morgan fingerprint density at radius 1 is 1.32 bits per heavy atom. The summed E-state index contributed by atoms with van der Waals surface area (Å²) in [7, 11) is 1.59. The zero-order chi connectivity index (χ0) is 15.7. The number of hydrogen-bond acceptors (Lipinski definition) is 5. The molecule has 0 amide bonds. The minimum absolute atomic E-state index is 0.120. The van der Waals surface area contributed by atoms with Crippen LogP contribution >= 0.6 is 0 Å². The number of methoxy groups -OCH3 is 1. The molecule has 2 aromatic rings. The lowest BCUT2D eigenvalue weighted by Crippen LogP contribution is -2.21.